The van der Waals surface area contributed by atoms with E-state index in [1.54, 1.807) is 0 Å². The maximum absolute atomic E-state index is 6.15. The molecule has 2 aromatic carbocycles. The third kappa shape index (κ3) is 4.25. The van der Waals surface area contributed by atoms with Gasteiger partial charge in [0.2, 0.25) is 0 Å². The van der Waals surface area contributed by atoms with Gasteiger partial charge in [-0.3, -0.25) is 0 Å². The lowest BCUT2D eigenvalue weighted by atomic mass is 10.0. The van der Waals surface area contributed by atoms with Crippen LogP contribution < -0.4 is 10.5 Å². The van der Waals surface area contributed by atoms with Gasteiger partial charge in [-0.25, -0.2) is 0 Å². The van der Waals surface area contributed by atoms with Gasteiger partial charge < -0.3 is 10.5 Å². The number of hydrogen-bond donors (Lipinski definition) is 1. The fourth-order valence-corrected chi connectivity index (χ4v) is 2.04. The monoisotopic (exact) mass is 267 g/mol. The largest absolute Gasteiger partial charge is 0.489 e. The number of rotatable bonds is 7. The molecular formula is C18H21NO. The van der Waals surface area contributed by atoms with Crippen molar-refractivity contribution in [1.82, 2.24) is 0 Å². The molecule has 0 heterocycles. The van der Waals surface area contributed by atoms with Crippen LogP contribution in [0.3, 0.4) is 0 Å². The summed E-state index contributed by atoms with van der Waals surface area (Å²) < 4.78 is 5.81. The smallest absolute Gasteiger partial charge is 0.120 e. The van der Waals surface area contributed by atoms with E-state index in [1.165, 1.54) is 0 Å². The zero-order chi connectivity index (χ0) is 14.2. The third-order valence-electron chi connectivity index (χ3n) is 3.22. The van der Waals surface area contributed by atoms with Crippen molar-refractivity contribution in [2.45, 2.75) is 25.5 Å². The van der Waals surface area contributed by atoms with E-state index >= 15 is 0 Å². The minimum absolute atomic E-state index is 0.0354. The lowest BCUT2D eigenvalue weighted by molar-refractivity contribution is 0.305. The highest BCUT2D eigenvalue weighted by atomic mass is 16.5. The molecule has 20 heavy (non-hydrogen) atoms. The molecule has 1 atom stereocenters. The highest BCUT2D eigenvalue weighted by Crippen LogP contribution is 2.21. The minimum Gasteiger partial charge on any atom is -0.489 e. The van der Waals surface area contributed by atoms with Crippen molar-refractivity contribution in [3.8, 4) is 5.75 Å². The molecule has 0 fully saturated rings. The van der Waals surface area contributed by atoms with Gasteiger partial charge in [-0.05, 0) is 36.1 Å². The molecule has 2 heteroatoms. The van der Waals surface area contributed by atoms with Gasteiger partial charge in [-0.15, -0.1) is 6.58 Å². The molecule has 0 aliphatic carbocycles. The van der Waals surface area contributed by atoms with Crippen LogP contribution in [0.5, 0.6) is 5.75 Å². The van der Waals surface area contributed by atoms with Crippen molar-refractivity contribution in [3.05, 3.63) is 78.4 Å². The summed E-state index contributed by atoms with van der Waals surface area (Å²) in [7, 11) is 0. The first-order chi connectivity index (χ1) is 9.79. The van der Waals surface area contributed by atoms with E-state index in [0.717, 1.165) is 29.7 Å². The summed E-state index contributed by atoms with van der Waals surface area (Å²) in [6.07, 6.45) is 3.73. The Balaban J connectivity index is 1.97. The predicted molar refractivity (Wildman–Crippen MR) is 83.6 cm³/mol. The Labute approximate surface area is 120 Å². The van der Waals surface area contributed by atoms with E-state index < -0.39 is 0 Å². The quantitative estimate of drug-likeness (QED) is 0.762. The van der Waals surface area contributed by atoms with Crippen LogP contribution >= 0.6 is 0 Å². The van der Waals surface area contributed by atoms with E-state index in [4.69, 9.17) is 10.5 Å². The van der Waals surface area contributed by atoms with Crippen LogP contribution in [0.15, 0.2) is 67.3 Å². The second kappa shape index (κ2) is 7.51. The highest BCUT2D eigenvalue weighted by Gasteiger charge is 2.06. The number of allylic oxidation sites excluding steroid dienone is 1. The molecule has 0 spiro atoms. The number of benzene rings is 2. The summed E-state index contributed by atoms with van der Waals surface area (Å²) in [5.41, 5.74) is 8.42. The lowest BCUT2D eigenvalue weighted by Gasteiger charge is -2.13. The van der Waals surface area contributed by atoms with Crippen molar-refractivity contribution in [3.63, 3.8) is 0 Å². The molecule has 0 aliphatic rings. The molecule has 0 aliphatic heterocycles. The lowest BCUT2D eigenvalue weighted by Crippen LogP contribution is -2.09. The summed E-state index contributed by atoms with van der Waals surface area (Å²) in [5.74, 6) is 0.861. The maximum Gasteiger partial charge on any atom is 0.120 e. The molecule has 0 aromatic heterocycles. The van der Waals surface area contributed by atoms with Crippen LogP contribution in [0.25, 0.3) is 0 Å². The molecule has 2 nitrogen and oxygen atoms in total. The van der Waals surface area contributed by atoms with Crippen molar-refractivity contribution < 1.29 is 4.74 Å². The van der Waals surface area contributed by atoms with Crippen LogP contribution in [0.2, 0.25) is 0 Å². The SMILES string of the molecule is C=CCC[C@H](N)c1cccc(OCc2ccccc2)c1. The maximum atomic E-state index is 6.15. The van der Waals surface area contributed by atoms with Crippen LogP contribution in [0.1, 0.15) is 30.0 Å². The summed E-state index contributed by atoms with van der Waals surface area (Å²) in [6, 6.07) is 18.2. The van der Waals surface area contributed by atoms with Crippen molar-refractivity contribution in [2.75, 3.05) is 0 Å². The Morgan fingerprint density at radius 3 is 2.65 bits per heavy atom. The number of nitrogens with two attached hydrogens (primary N) is 1. The van der Waals surface area contributed by atoms with Crippen LogP contribution in [0, 0.1) is 0 Å². The number of hydrogen-bond acceptors (Lipinski definition) is 2. The van der Waals surface area contributed by atoms with E-state index in [2.05, 4.69) is 18.7 Å². The molecule has 104 valence electrons. The Hall–Kier alpha value is -2.06. The zero-order valence-corrected chi connectivity index (χ0v) is 11.7. The fourth-order valence-electron chi connectivity index (χ4n) is 2.04. The molecule has 0 saturated carbocycles. The molecule has 0 saturated heterocycles. The average Bonchev–Trinajstić information content (AvgIpc) is 2.52. The van der Waals surface area contributed by atoms with Crippen molar-refractivity contribution >= 4 is 0 Å². The summed E-state index contributed by atoms with van der Waals surface area (Å²) in [4.78, 5) is 0. The Morgan fingerprint density at radius 2 is 1.90 bits per heavy atom. The van der Waals surface area contributed by atoms with Crippen LogP contribution in [-0.2, 0) is 6.61 Å². The van der Waals surface area contributed by atoms with Gasteiger partial charge in [0.25, 0.3) is 0 Å². The molecule has 0 unspecified atom stereocenters. The molecule has 2 rings (SSSR count). The van der Waals surface area contributed by atoms with E-state index in [1.807, 2.05) is 48.5 Å². The van der Waals surface area contributed by atoms with Crippen molar-refractivity contribution in [2.24, 2.45) is 5.73 Å². The molecular weight excluding hydrogens is 246 g/mol. The Kier molecular flexibility index (Phi) is 5.39. The predicted octanol–water partition coefficient (Wildman–Crippen LogP) is 4.23. The van der Waals surface area contributed by atoms with Gasteiger partial charge in [-0.2, -0.15) is 0 Å². The zero-order valence-electron chi connectivity index (χ0n) is 11.7. The molecule has 2 aromatic rings. The van der Waals surface area contributed by atoms with Gasteiger partial charge in [0.1, 0.15) is 12.4 Å². The minimum atomic E-state index is 0.0354. The summed E-state index contributed by atoms with van der Waals surface area (Å²) >= 11 is 0. The summed E-state index contributed by atoms with van der Waals surface area (Å²) in [5, 5.41) is 0. The third-order valence-corrected chi connectivity index (χ3v) is 3.22. The fraction of sp³-hybridized carbons (Fsp3) is 0.222. The van der Waals surface area contributed by atoms with Crippen LogP contribution in [0.4, 0.5) is 0 Å². The molecule has 0 amide bonds. The second-order valence-corrected chi connectivity index (χ2v) is 4.82. The van der Waals surface area contributed by atoms with Gasteiger partial charge in [0, 0.05) is 6.04 Å². The Morgan fingerprint density at radius 1 is 1.10 bits per heavy atom. The van der Waals surface area contributed by atoms with E-state index in [9.17, 15) is 0 Å². The van der Waals surface area contributed by atoms with E-state index in [0.29, 0.717) is 6.61 Å². The molecule has 0 bridgehead atoms. The highest BCUT2D eigenvalue weighted by molar-refractivity contribution is 5.30. The standard InChI is InChI=1S/C18H21NO/c1-2-3-12-18(19)16-10-7-11-17(13-16)20-14-15-8-5-4-6-9-15/h2,4-11,13,18H,1,3,12,14,19H2/t18-/m0/s1. The van der Waals surface area contributed by atoms with Gasteiger partial charge in [0.05, 0.1) is 0 Å². The summed E-state index contributed by atoms with van der Waals surface area (Å²) in [6.45, 7) is 4.30. The first-order valence-corrected chi connectivity index (χ1v) is 6.93. The first kappa shape index (κ1) is 14.4. The van der Waals surface area contributed by atoms with E-state index in [-0.39, 0.29) is 6.04 Å². The average molecular weight is 267 g/mol. The Bertz CT molecular complexity index is 536. The second-order valence-electron chi connectivity index (χ2n) is 4.82. The normalized spacial score (nSPS) is 11.8. The topological polar surface area (TPSA) is 35.2 Å². The van der Waals surface area contributed by atoms with Crippen molar-refractivity contribution in [1.29, 1.82) is 0 Å². The molecule has 2 N–H and O–H groups in total. The molecule has 0 radical (unpaired) electrons. The number of ether oxygens (including phenoxy) is 1. The first-order valence-electron chi connectivity index (χ1n) is 6.93. The van der Waals surface area contributed by atoms with Gasteiger partial charge in [-0.1, -0.05) is 48.5 Å². The van der Waals surface area contributed by atoms with Crippen LogP contribution in [-0.4, -0.2) is 0 Å². The van der Waals surface area contributed by atoms with Gasteiger partial charge >= 0.3 is 0 Å². The van der Waals surface area contributed by atoms with Gasteiger partial charge in [0.15, 0.2) is 0 Å².